The van der Waals surface area contributed by atoms with E-state index >= 15 is 0 Å². The summed E-state index contributed by atoms with van der Waals surface area (Å²) in [6.07, 6.45) is 0. The van der Waals surface area contributed by atoms with E-state index in [0.717, 1.165) is 27.1 Å². The number of nitrogens with zero attached hydrogens (tertiary/aromatic N) is 2. The first-order chi connectivity index (χ1) is 14.3. The Kier molecular flexibility index (Phi) is 5.72. The topological polar surface area (TPSA) is 64.1 Å². The zero-order valence-corrected chi connectivity index (χ0v) is 16.6. The van der Waals surface area contributed by atoms with E-state index in [1.54, 1.807) is 7.11 Å². The summed E-state index contributed by atoms with van der Waals surface area (Å²) in [6, 6.07) is 25.3. The van der Waals surface area contributed by atoms with Crippen molar-refractivity contribution in [1.29, 1.82) is 0 Å². The van der Waals surface area contributed by atoms with Gasteiger partial charge in [-0.2, -0.15) is 0 Å². The molecule has 0 aliphatic rings. The van der Waals surface area contributed by atoms with Crippen molar-refractivity contribution in [1.82, 2.24) is 10.2 Å². The normalized spacial score (nSPS) is 10.7. The van der Waals surface area contributed by atoms with E-state index in [1.165, 1.54) is 11.8 Å². The van der Waals surface area contributed by atoms with Gasteiger partial charge in [-0.3, -0.25) is 4.79 Å². The molecule has 1 heterocycles. The van der Waals surface area contributed by atoms with Crippen LogP contribution in [0.25, 0.3) is 22.0 Å². The predicted octanol–water partition coefficient (Wildman–Crippen LogP) is 5.04. The first-order valence-corrected chi connectivity index (χ1v) is 10.1. The molecule has 4 rings (SSSR count). The highest BCUT2D eigenvalue weighted by molar-refractivity contribution is 8.00. The van der Waals surface area contributed by atoms with E-state index in [9.17, 15) is 4.79 Å². The Morgan fingerprint density at radius 3 is 2.38 bits per heavy atom. The molecule has 29 heavy (non-hydrogen) atoms. The van der Waals surface area contributed by atoms with Gasteiger partial charge in [0.25, 0.3) is 0 Å². The zero-order chi connectivity index (χ0) is 20.1. The molecule has 0 unspecified atom stereocenters. The highest BCUT2D eigenvalue weighted by Gasteiger charge is 2.13. The van der Waals surface area contributed by atoms with Crippen LogP contribution in [0.3, 0.4) is 0 Å². The minimum atomic E-state index is -0.127. The lowest BCUT2D eigenvalue weighted by Crippen LogP contribution is -2.14. The summed E-state index contributed by atoms with van der Waals surface area (Å²) in [5.41, 5.74) is 2.50. The number of thioether (sulfide) groups is 1. The van der Waals surface area contributed by atoms with Gasteiger partial charge >= 0.3 is 0 Å². The molecule has 0 fully saturated rings. The fraction of sp³-hybridized carbons (Fsp3) is 0.0870. The minimum absolute atomic E-state index is 0.127. The molecule has 0 atom stereocenters. The Bertz CT molecular complexity index is 1150. The predicted molar refractivity (Wildman–Crippen MR) is 117 cm³/mol. The number of carbonyl (C=O) groups is 1. The lowest BCUT2D eigenvalue weighted by Gasteiger charge is -2.11. The number of nitrogens with one attached hydrogen (secondary N) is 1. The second kappa shape index (κ2) is 8.75. The van der Waals surface area contributed by atoms with Gasteiger partial charge in [0.2, 0.25) is 5.91 Å². The highest BCUT2D eigenvalue weighted by Crippen LogP contribution is 2.32. The Morgan fingerprint density at radius 1 is 0.897 bits per heavy atom. The molecule has 5 nitrogen and oxygen atoms in total. The summed E-state index contributed by atoms with van der Waals surface area (Å²) in [5.74, 6) is 0.724. The molecule has 0 bridgehead atoms. The maximum Gasteiger partial charge on any atom is 0.234 e. The molecule has 0 radical (unpaired) electrons. The highest BCUT2D eigenvalue weighted by atomic mass is 32.2. The summed E-state index contributed by atoms with van der Waals surface area (Å²) >= 11 is 1.37. The van der Waals surface area contributed by atoms with Crippen molar-refractivity contribution >= 4 is 34.1 Å². The van der Waals surface area contributed by atoms with Crippen LogP contribution in [0.5, 0.6) is 5.75 Å². The summed E-state index contributed by atoms with van der Waals surface area (Å²) in [6.45, 7) is 0. The van der Waals surface area contributed by atoms with Gasteiger partial charge in [0, 0.05) is 16.3 Å². The van der Waals surface area contributed by atoms with Gasteiger partial charge in [-0.1, -0.05) is 78.5 Å². The standard InChI is InChI=1S/C23H19N3O2S/c1-28-20-14-8-7-13-19(20)24-21(27)15-29-23-18-12-6-5-11-17(18)22(25-26-23)16-9-3-2-4-10-16/h2-14H,15H2,1H3,(H,24,27). The molecule has 0 saturated carbocycles. The second-order valence-electron chi connectivity index (χ2n) is 6.30. The van der Waals surface area contributed by atoms with Gasteiger partial charge in [0.1, 0.15) is 16.5 Å². The molecule has 0 aliphatic heterocycles. The van der Waals surface area contributed by atoms with Crippen LogP contribution >= 0.6 is 11.8 Å². The van der Waals surface area contributed by atoms with E-state index < -0.39 is 0 Å². The van der Waals surface area contributed by atoms with Crippen LogP contribution in [-0.2, 0) is 4.79 Å². The monoisotopic (exact) mass is 401 g/mol. The smallest absolute Gasteiger partial charge is 0.234 e. The fourth-order valence-corrected chi connectivity index (χ4v) is 3.84. The van der Waals surface area contributed by atoms with Gasteiger partial charge in [0.15, 0.2) is 0 Å². The first-order valence-electron chi connectivity index (χ1n) is 9.13. The van der Waals surface area contributed by atoms with Gasteiger partial charge in [-0.15, -0.1) is 10.2 Å². The molecular weight excluding hydrogens is 382 g/mol. The van der Waals surface area contributed by atoms with E-state index in [4.69, 9.17) is 4.74 Å². The summed E-state index contributed by atoms with van der Waals surface area (Å²) in [7, 11) is 1.58. The van der Waals surface area contributed by atoms with E-state index in [0.29, 0.717) is 11.4 Å². The van der Waals surface area contributed by atoms with Gasteiger partial charge in [-0.25, -0.2) is 0 Å². The van der Waals surface area contributed by atoms with Crippen molar-refractivity contribution < 1.29 is 9.53 Å². The molecule has 1 N–H and O–H groups in total. The molecule has 3 aromatic carbocycles. The van der Waals surface area contributed by atoms with Crippen LogP contribution in [-0.4, -0.2) is 29.0 Å². The first kappa shape index (κ1) is 19.0. The van der Waals surface area contributed by atoms with Gasteiger partial charge in [-0.05, 0) is 12.1 Å². The third kappa shape index (κ3) is 4.22. The minimum Gasteiger partial charge on any atom is -0.495 e. The SMILES string of the molecule is COc1ccccc1NC(=O)CSc1nnc(-c2ccccc2)c2ccccc12. The van der Waals surface area contributed by atoms with Crippen molar-refractivity contribution in [2.75, 3.05) is 18.2 Å². The molecule has 0 aliphatic carbocycles. The fourth-order valence-electron chi connectivity index (χ4n) is 3.06. The maximum atomic E-state index is 12.4. The number of hydrogen-bond acceptors (Lipinski definition) is 5. The number of anilines is 1. The van der Waals surface area contributed by atoms with Crippen LogP contribution in [0, 0.1) is 0 Å². The maximum absolute atomic E-state index is 12.4. The van der Waals surface area contributed by atoms with Crippen LogP contribution in [0.1, 0.15) is 0 Å². The Morgan fingerprint density at radius 2 is 1.59 bits per heavy atom. The second-order valence-corrected chi connectivity index (χ2v) is 7.27. The van der Waals surface area contributed by atoms with Crippen LogP contribution in [0.2, 0.25) is 0 Å². The molecular formula is C23H19N3O2S. The summed E-state index contributed by atoms with van der Waals surface area (Å²) < 4.78 is 5.28. The number of amides is 1. The Hall–Kier alpha value is -3.38. The average molecular weight is 401 g/mol. The van der Waals surface area contributed by atoms with E-state index in [1.807, 2.05) is 78.9 Å². The quantitative estimate of drug-likeness (QED) is 0.459. The van der Waals surface area contributed by atoms with E-state index in [-0.39, 0.29) is 11.7 Å². The van der Waals surface area contributed by atoms with Crippen molar-refractivity contribution in [2.24, 2.45) is 0 Å². The zero-order valence-electron chi connectivity index (χ0n) is 15.8. The summed E-state index contributed by atoms with van der Waals surface area (Å²) in [4.78, 5) is 12.4. The molecule has 0 saturated heterocycles. The van der Waals surface area contributed by atoms with Crippen molar-refractivity contribution in [3.05, 3.63) is 78.9 Å². The number of carbonyl (C=O) groups excluding carboxylic acids is 1. The number of aromatic nitrogens is 2. The number of benzene rings is 3. The third-order valence-corrected chi connectivity index (χ3v) is 5.40. The molecule has 1 aromatic heterocycles. The number of para-hydroxylation sites is 2. The molecule has 144 valence electrons. The summed E-state index contributed by atoms with van der Waals surface area (Å²) in [5, 5.41) is 14.5. The van der Waals surface area contributed by atoms with Gasteiger partial charge in [0.05, 0.1) is 18.6 Å². The van der Waals surface area contributed by atoms with Crippen LogP contribution in [0.4, 0.5) is 5.69 Å². The van der Waals surface area contributed by atoms with Crippen molar-refractivity contribution in [3.63, 3.8) is 0 Å². The molecule has 0 spiro atoms. The van der Waals surface area contributed by atoms with Crippen LogP contribution in [0.15, 0.2) is 83.9 Å². The Labute approximate surface area is 173 Å². The van der Waals surface area contributed by atoms with E-state index in [2.05, 4.69) is 15.5 Å². The lowest BCUT2D eigenvalue weighted by molar-refractivity contribution is -0.113. The number of hydrogen-bond donors (Lipinski definition) is 1. The van der Waals surface area contributed by atoms with Crippen molar-refractivity contribution in [2.45, 2.75) is 5.03 Å². The number of ether oxygens (including phenoxy) is 1. The lowest BCUT2D eigenvalue weighted by atomic mass is 10.1. The largest absolute Gasteiger partial charge is 0.495 e. The van der Waals surface area contributed by atoms with Crippen molar-refractivity contribution in [3.8, 4) is 17.0 Å². The Balaban J connectivity index is 1.55. The molecule has 1 amide bonds. The molecule has 6 heteroatoms. The number of fused-ring (bicyclic) bond motifs is 1. The van der Waals surface area contributed by atoms with Gasteiger partial charge < -0.3 is 10.1 Å². The number of methoxy groups -OCH3 is 1. The molecule has 4 aromatic rings. The average Bonchev–Trinajstić information content (AvgIpc) is 2.78. The van der Waals surface area contributed by atoms with Crippen LogP contribution < -0.4 is 10.1 Å². The number of rotatable bonds is 6. The third-order valence-electron chi connectivity index (χ3n) is 4.42.